The van der Waals surface area contributed by atoms with E-state index < -0.39 is 0 Å². The second-order valence-electron chi connectivity index (χ2n) is 7.36. The molecule has 4 heteroatoms. The van der Waals surface area contributed by atoms with Crippen molar-refractivity contribution in [2.45, 2.75) is 31.5 Å². The molecular weight excluding hydrogens is 360 g/mol. The molecule has 4 rings (SSSR count). The third kappa shape index (κ3) is 4.97. The molecule has 1 heterocycles. The van der Waals surface area contributed by atoms with Crippen LogP contribution >= 0.6 is 0 Å². The van der Waals surface area contributed by atoms with Crippen LogP contribution in [0, 0.1) is 0 Å². The highest BCUT2D eigenvalue weighted by atomic mass is 16.5. The zero-order chi connectivity index (χ0) is 19.9. The van der Waals surface area contributed by atoms with Crippen molar-refractivity contribution < 1.29 is 9.47 Å². The van der Waals surface area contributed by atoms with E-state index in [1.165, 1.54) is 12.0 Å². The van der Waals surface area contributed by atoms with Crippen LogP contribution in [-0.2, 0) is 6.54 Å². The van der Waals surface area contributed by atoms with Gasteiger partial charge >= 0.3 is 0 Å². The maximum atomic E-state index is 6.01. The summed E-state index contributed by atoms with van der Waals surface area (Å²) in [5, 5.41) is 7.43. The van der Waals surface area contributed by atoms with Gasteiger partial charge in [0.15, 0.2) is 0 Å². The minimum absolute atomic E-state index is 0.319. The molecule has 0 aromatic heterocycles. The number of ether oxygens (including phenoxy) is 2. The van der Waals surface area contributed by atoms with E-state index in [1.54, 1.807) is 7.11 Å². The number of rotatable bonds is 7. The predicted molar refractivity (Wildman–Crippen MR) is 117 cm³/mol. The molecule has 0 radical (unpaired) electrons. The fourth-order valence-electron chi connectivity index (χ4n) is 3.94. The van der Waals surface area contributed by atoms with Crippen molar-refractivity contribution in [3.05, 3.63) is 90.0 Å². The number of hydrogen-bond donors (Lipinski definition) is 2. The summed E-state index contributed by atoms with van der Waals surface area (Å²) in [7, 11) is 1.71. The second kappa shape index (κ2) is 9.59. The average molecular weight is 389 g/mol. The summed E-state index contributed by atoms with van der Waals surface area (Å²) in [6, 6.07) is 27.2. The first-order valence-electron chi connectivity index (χ1n) is 10.2. The molecule has 1 fully saturated rings. The van der Waals surface area contributed by atoms with Crippen molar-refractivity contribution in [1.29, 1.82) is 0 Å². The summed E-state index contributed by atoms with van der Waals surface area (Å²) in [5.74, 6) is 2.52. The summed E-state index contributed by atoms with van der Waals surface area (Å²) in [4.78, 5) is 0. The lowest BCUT2D eigenvalue weighted by Gasteiger charge is -2.34. The minimum atomic E-state index is 0.319. The maximum Gasteiger partial charge on any atom is 0.128 e. The molecule has 0 bridgehead atoms. The van der Waals surface area contributed by atoms with E-state index in [1.807, 2.05) is 42.5 Å². The van der Waals surface area contributed by atoms with Gasteiger partial charge in [-0.15, -0.1) is 0 Å². The number of hydrogen-bond acceptors (Lipinski definition) is 4. The van der Waals surface area contributed by atoms with E-state index in [-0.39, 0.29) is 0 Å². The summed E-state index contributed by atoms with van der Waals surface area (Å²) < 4.78 is 11.6. The Bertz CT molecular complexity index is 899. The highest BCUT2D eigenvalue weighted by Crippen LogP contribution is 2.29. The van der Waals surface area contributed by atoms with Gasteiger partial charge in [0.1, 0.15) is 17.2 Å². The molecule has 3 aromatic rings. The van der Waals surface area contributed by atoms with E-state index >= 15 is 0 Å². The van der Waals surface area contributed by atoms with Gasteiger partial charge in [-0.2, -0.15) is 0 Å². The smallest absolute Gasteiger partial charge is 0.128 e. The molecule has 0 saturated carbocycles. The molecule has 29 heavy (non-hydrogen) atoms. The van der Waals surface area contributed by atoms with Gasteiger partial charge in [0.05, 0.1) is 7.11 Å². The minimum Gasteiger partial charge on any atom is -0.496 e. The zero-order valence-electron chi connectivity index (χ0n) is 16.8. The van der Waals surface area contributed by atoms with Gasteiger partial charge in [-0.25, -0.2) is 0 Å². The van der Waals surface area contributed by atoms with Gasteiger partial charge in [-0.3, -0.25) is 0 Å². The second-order valence-corrected chi connectivity index (χ2v) is 7.36. The van der Waals surface area contributed by atoms with Crippen LogP contribution in [0.25, 0.3) is 0 Å². The molecule has 0 aliphatic carbocycles. The number of methoxy groups -OCH3 is 1. The van der Waals surface area contributed by atoms with E-state index in [0.717, 1.165) is 42.3 Å². The van der Waals surface area contributed by atoms with Crippen LogP contribution in [0.1, 0.15) is 30.0 Å². The van der Waals surface area contributed by atoms with E-state index in [4.69, 9.17) is 9.47 Å². The summed E-state index contributed by atoms with van der Waals surface area (Å²) in [6.07, 6.45) is 2.32. The summed E-state index contributed by atoms with van der Waals surface area (Å²) >= 11 is 0. The first-order chi connectivity index (χ1) is 14.3. The average Bonchev–Trinajstić information content (AvgIpc) is 2.79. The lowest BCUT2D eigenvalue weighted by atomic mass is 9.92. The number of piperidine rings is 1. The topological polar surface area (TPSA) is 42.5 Å². The molecule has 1 saturated heterocycles. The molecule has 1 aliphatic rings. The summed E-state index contributed by atoms with van der Waals surface area (Å²) in [5.41, 5.74) is 2.43. The molecule has 1 aliphatic heterocycles. The van der Waals surface area contributed by atoms with Crippen LogP contribution in [0.5, 0.6) is 17.2 Å². The fourth-order valence-corrected chi connectivity index (χ4v) is 3.94. The van der Waals surface area contributed by atoms with Crippen molar-refractivity contribution >= 4 is 0 Å². The number of para-hydroxylation sites is 1. The van der Waals surface area contributed by atoms with Crippen LogP contribution in [0.3, 0.4) is 0 Å². The largest absolute Gasteiger partial charge is 0.496 e. The first-order valence-corrected chi connectivity index (χ1v) is 10.2. The van der Waals surface area contributed by atoms with Crippen molar-refractivity contribution in [2.24, 2.45) is 0 Å². The molecule has 4 nitrogen and oxygen atoms in total. The van der Waals surface area contributed by atoms with Gasteiger partial charge in [-0.1, -0.05) is 48.5 Å². The van der Waals surface area contributed by atoms with Crippen LogP contribution < -0.4 is 20.1 Å². The van der Waals surface area contributed by atoms with Crippen LogP contribution in [-0.4, -0.2) is 19.7 Å². The van der Waals surface area contributed by atoms with E-state index in [0.29, 0.717) is 12.1 Å². The molecule has 0 spiro atoms. The van der Waals surface area contributed by atoms with Crippen LogP contribution in [0.4, 0.5) is 0 Å². The Morgan fingerprint density at radius 1 is 0.931 bits per heavy atom. The lowest BCUT2D eigenvalue weighted by molar-refractivity contribution is 0.302. The molecule has 0 unspecified atom stereocenters. The fraction of sp³-hybridized carbons (Fsp3) is 0.280. The molecular formula is C25H28N2O2. The highest BCUT2D eigenvalue weighted by Gasteiger charge is 2.25. The third-order valence-electron chi connectivity index (χ3n) is 5.40. The van der Waals surface area contributed by atoms with Crippen LogP contribution in [0.15, 0.2) is 78.9 Å². The van der Waals surface area contributed by atoms with E-state index in [2.05, 4.69) is 47.0 Å². The Morgan fingerprint density at radius 3 is 2.45 bits per heavy atom. The Labute approximate surface area is 172 Å². The molecule has 0 amide bonds. The standard InChI is InChI=1S/C25H28N2O2/c1-28-24-15-14-22(29-21-11-6-3-7-12-21)17-20(24)18-27-23-13-8-16-26-25(23)19-9-4-2-5-10-19/h2-7,9-12,14-15,17,23,25-27H,8,13,16,18H2,1H3/t23-,25-/m1/s1. The van der Waals surface area contributed by atoms with Gasteiger partial charge < -0.3 is 20.1 Å². The van der Waals surface area contributed by atoms with Gasteiger partial charge in [0.25, 0.3) is 0 Å². The highest BCUT2D eigenvalue weighted by molar-refractivity contribution is 5.42. The first kappa shape index (κ1) is 19.5. The maximum absolute atomic E-state index is 6.01. The van der Waals surface area contributed by atoms with Crippen LogP contribution in [0.2, 0.25) is 0 Å². The Morgan fingerprint density at radius 2 is 1.69 bits per heavy atom. The SMILES string of the molecule is COc1ccc(Oc2ccccc2)cc1CN[C@@H]1CCCN[C@@H]1c1ccccc1. The molecule has 2 atom stereocenters. The number of benzene rings is 3. The summed E-state index contributed by atoms with van der Waals surface area (Å²) in [6.45, 7) is 1.78. The van der Waals surface area contributed by atoms with Gasteiger partial charge in [0, 0.05) is 24.2 Å². The molecule has 3 aromatic carbocycles. The molecule has 150 valence electrons. The van der Waals surface area contributed by atoms with Crippen molar-refractivity contribution in [1.82, 2.24) is 10.6 Å². The Hall–Kier alpha value is -2.82. The normalized spacial score (nSPS) is 18.9. The monoisotopic (exact) mass is 388 g/mol. The van der Waals surface area contributed by atoms with Crippen molar-refractivity contribution in [3.8, 4) is 17.2 Å². The van der Waals surface area contributed by atoms with Gasteiger partial charge in [-0.05, 0) is 55.3 Å². The Balaban J connectivity index is 1.48. The Kier molecular flexibility index (Phi) is 6.45. The zero-order valence-corrected chi connectivity index (χ0v) is 16.8. The number of nitrogens with one attached hydrogen (secondary N) is 2. The third-order valence-corrected chi connectivity index (χ3v) is 5.40. The lowest BCUT2D eigenvalue weighted by Crippen LogP contribution is -2.45. The quantitative estimate of drug-likeness (QED) is 0.593. The van der Waals surface area contributed by atoms with Crippen molar-refractivity contribution in [3.63, 3.8) is 0 Å². The van der Waals surface area contributed by atoms with Gasteiger partial charge in [0.2, 0.25) is 0 Å². The van der Waals surface area contributed by atoms with Crippen molar-refractivity contribution in [2.75, 3.05) is 13.7 Å². The predicted octanol–water partition coefficient (Wildman–Crippen LogP) is 5.07. The van der Waals surface area contributed by atoms with E-state index in [9.17, 15) is 0 Å². The molecule has 2 N–H and O–H groups in total.